The van der Waals surface area contributed by atoms with Gasteiger partial charge in [0.1, 0.15) is 12.0 Å². The summed E-state index contributed by atoms with van der Waals surface area (Å²) in [5.74, 6) is 0.782. The van der Waals surface area contributed by atoms with Crippen LogP contribution in [0.3, 0.4) is 0 Å². The number of hydrogen-bond donors (Lipinski definition) is 0. The van der Waals surface area contributed by atoms with E-state index in [0.717, 1.165) is 21.6 Å². The van der Waals surface area contributed by atoms with Gasteiger partial charge in [0.05, 0.1) is 18.9 Å². The fraction of sp³-hybridized carbons (Fsp3) is 0.154. The van der Waals surface area contributed by atoms with Gasteiger partial charge in [-0.05, 0) is 30.3 Å². The van der Waals surface area contributed by atoms with Crippen molar-refractivity contribution in [3.8, 4) is 5.75 Å². The molecule has 4 nitrogen and oxygen atoms in total. The van der Waals surface area contributed by atoms with Crippen LogP contribution in [0.4, 0.5) is 0 Å². The molecule has 0 saturated carbocycles. The maximum atomic E-state index is 11.6. The van der Waals surface area contributed by atoms with Gasteiger partial charge < -0.3 is 14.4 Å². The lowest BCUT2D eigenvalue weighted by Gasteiger charge is -2.04. The van der Waals surface area contributed by atoms with Gasteiger partial charge in [-0.25, -0.2) is 4.74 Å². The van der Waals surface area contributed by atoms with Gasteiger partial charge in [0.2, 0.25) is 0 Å². The van der Waals surface area contributed by atoms with Crippen molar-refractivity contribution in [2.24, 2.45) is 0 Å². The standard InChI is InChI=1S/C13H13NO3/c1-16-13-4-2-11(3-5-13)8-14(15)9-12-6-7-17-10-12/h2-7,9-10H,8H2,1H3/b14-9-. The van der Waals surface area contributed by atoms with Crippen LogP contribution < -0.4 is 4.74 Å². The number of hydrogen-bond acceptors (Lipinski definition) is 3. The SMILES string of the molecule is COc1ccc(C/[N+]([O-])=C/c2ccoc2)cc1. The fourth-order valence-electron chi connectivity index (χ4n) is 1.47. The van der Waals surface area contributed by atoms with Gasteiger partial charge in [-0.15, -0.1) is 0 Å². The summed E-state index contributed by atoms with van der Waals surface area (Å²) < 4.78 is 10.8. The summed E-state index contributed by atoms with van der Waals surface area (Å²) in [6.07, 6.45) is 4.56. The summed E-state index contributed by atoms with van der Waals surface area (Å²) in [5, 5.41) is 11.6. The maximum absolute atomic E-state index is 11.6. The van der Waals surface area contributed by atoms with Crippen molar-refractivity contribution < 1.29 is 13.9 Å². The molecule has 0 saturated heterocycles. The number of rotatable bonds is 4. The van der Waals surface area contributed by atoms with Crippen molar-refractivity contribution >= 4 is 6.21 Å². The summed E-state index contributed by atoms with van der Waals surface area (Å²) in [5.41, 5.74) is 1.69. The predicted molar refractivity (Wildman–Crippen MR) is 64.2 cm³/mol. The van der Waals surface area contributed by atoms with Crippen molar-refractivity contribution in [2.45, 2.75) is 6.54 Å². The first kappa shape index (κ1) is 11.3. The van der Waals surface area contributed by atoms with Crippen molar-refractivity contribution in [3.05, 3.63) is 59.2 Å². The molecule has 0 unspecified atom stereocenters. The Hall–Kier alpha value is -2.23. The van der Waals surface area contributed by atoms with Crippen LogP contribution in [-0.2, 0) is 6.54 Å². The van der Waals surface area contributed by atoms with E-state index < -0.39 is 0 Å². The van der Waals surface area contributed by atoms with Crippen LogP contribution >= 0.6 is 0 Å². The van der Waals surface area contributed by atoms with Crippen LogP contribution in [0.1, 0.15) is 11.1 Å². The summed E-state index contributed by atoms with van der Waals surface area (Å²) in [4.78, 5) is 0. The Kier molecular flexibility index (Phi) is 3.45. The second-order valence-corrected chi connectivity index (χ2v) is 3.61. The lowest BCUT2D eigenvalue weighted by molar-refractivity contribution is -0.469. The van der Waals surface area contributed by atoms with Gasteiger partial charge in [-0.3, -0.25) is 0 Å². The first-order chi connectivity index (χ1) is 8.28. The van der Waals surface area contributed by atoms with Gasteiger partial charge in [0.25, 0.3) is 0 Å². The molecular weight excluding hydrogens is 218 g/mol. The van der Waals surface area contributed by atoms with E-state index >= 15 is 0 Å². The Balaban J connectivity index is 2.05. The highest BCUT2D eigenvalue weighted by molar-refractivity contribution is 5.74. The van der Waals surface area contributed by atoms with E-state index in [0.29, 0.717) is 6.54 Å². The number of ether oxygens (including phenoxy) is 1. The topological polar surface area (TPSA) is 48.4 Å². The molecule has 1 aromatic carbocycles. The molecule has 0 radical (unpaired) electrons. The van der Waals surface area contributed by atoms with Crippen molar-refractivity contribution in [1.29, 1.82) is 0 Å². The van der Waals surface area contributed by atoms with Crippen LogP contribution in [0.2, 0.25) is 0 Å². The molecule has 0 bridgehead atoms. The molecule has 0 aliphatic heterocycles. The van der Waals surface area contributed by atoms with E-state index in [1.165, 1.54) is 18.7 Å². The monoisotopic (exact) mass is 231 g/mol. The lowest BCUT2D eigenvalue weighted by atomic mass is 10.2. The largest absolute Gasteiger partial charge is 0.624 e. The minimum atomic E-state index is 0.301. The molecule has 2 rings (SSSR count). The maximum Gasteiger partial charge on any atom is 0.185 e. The summed E-state index contributed by atoms with van der Waals surface area (Å²) in [7, 11) is 1.61. The number of hydroxylamine groups is 1. The smallest absolute Gasteiger partial charge is 0.185 e. The molecule has 4 heteroatoms. The van der Waals surface area contributed by atoms with Gasteiger partial charge in [-0.1, -0.05) is 0 Å². The predicted octanol–water partition coefficient (Wildman–Crippen LogP) is 2.42. The quantitative estimate of drug-likeness (QED) is 0.351. The third-order valence-electron chi connectivity index (χ3n) is 2.33. The summed E-state index contributed by atoms with van der Waals surface area (Å²) >= 11 is 0. The lowest BCUT2D eigenvalue weighted by Crippen LogP contribution is -2.05. The molecule has 0 fully saturated rings. The van der Waals surface area contributed by atoms with E-state index in [9.17, 15) is 5.21 Å². The zero-order valence-corrected chi connectivity index (χ0v) is 9.50. The molecule has 0 atom stereocenters. The number of methoxy groups -OCH3 is 1. The molecule has 88 valence electrons. The van der Waals surface area contributed by atoms with E-state index in [1.807, 2.05) is 24.3 Å². The van der Waals surface area contributed by atoms with Crippen LogP contribution in [0.5, 0.6) is 5.75 Å². The molecular formula is C13H13NO3. The van der Waals surface area contributed by atoms with E-state index in [4.69, 9.17) is 9.15 Å². The van der Waals surface area contributed by atoms with Crippen LogP contribution in [-0.4, -0.2) is 18.1 Å². The Bertz CT molecular complexity index is 486. The minimum Gasteiger partial charge on any atom is -0.624 e. The van der Waals surface area contributed by atoms with E-state index in [-0.39, 0.29) is 0 Å². The van der Waals surface area contributed by atoms with Crippen LogP contribution in [0.15, 0.2) is 47.3 Å². The molecule has 0 aliphatic rings. The van der Waals surface area contributed by atoms with Crippen molar-refractivity contribution in [1.82, 2.24) is 0 Å². The fourth-order valence-corrected chi connectivity index (χ4v) is 1.47. The van der Waals surface area contributed by atoms with Gasteiger partial charge in [0, 0.05) is 5.56 Å². The summed E-state index contributed by atoms with van der Waals surface area (Å²) in [6, 6.07) is 9.14. The Morgan fingerprint density at radius 1 is 1.29 bits per heavy atom. The minimum absolute atomic E-state index is 0.301. The van der Waals surface area contributed by atoms with Crippen molar-refractivity contribution in [3.63, 3.8) is 0 Å². The third kappa shape index (κ3) is 3.11. The number of benzene rings is 1. The normalized spacial score (nSPS) is 11.5. The van der Waals surface area contributed by atoms with Gasteiger partial charge >= 0.3 is 0 Å². The zero-order valence-electron chi connectivity index (χ0n) is 9.50. The average molecular weight is 231 g/mol. The molecule has 0 spiro atoms. The number of furan rings is 1. The Morgan fingerprint density at radius 2 is 2.06 bits per heavy atom. The molecule has 1 heterocycles. The van der Waals surface area contributed by atoms with Crippen LogP contribution in [0, 0.1) is 5.21 Å². The molecule has 1 aromatic heterocycles. The second kappa shape index (κ2) is 5.21. The Morgan fingerprint density at radius 3 is 2.65 bits per heavy atom. The second-order valence-electron chi connectivity index (χ2n) is 3.61. The zero-order chi connectivity index (χ0) is 12.1. The average Bonchev–Trinajstić information content (AvgIpc) is 2.82. The highest BCUT2D eigenvalue weighted by Crippen LogP contribution is 2.11. The van der Waals surface area contributed by atoms with E-state index in [1.54, 1.807) is 13.2 Å². The van der Waals surface area contributed by atoms with Gasteiger partial charge in [0.15, 0.2) is 12.8 Å². The highest BCUT2D eigenvalue weighted by atomic mass is 16.5. The van der Waals surface area contributed by atoms with E-state index in [2.05, 4.69) is 0 Å². The molecule has 2 aromatic rings. The number of nitrogens with zero attached hydrogens (tertiary/aromatic N) is 1. The molecule has 0 amide bonds. The first-order valence-electron chi connectivity index (χ1n) is 5.22. The summed E-state index contributed by atoms with van der Waals surface area (Å²) in [6.45, 7) is 0.301. The molecule has 0 aliphatic carbocycles. The van der Waals surface area contributed by atoms with Gasteiger partial charge in [-0.2, -0.15) is 0 Å². The Labute approximate surface area is 99.3 Å². The first-order valence-corrected chi connectivity index (χ1v) is 5.22. The molecule has 0 N–H and O–H groups in total. The van der Waals surface area contributed by atoms with Crippen LogP contribution in [0.25, 0.3) is 0 Å². The van der Waals surface area contributed by atoms with Crippen molar-refractivity contribution in [2.75, 3.05) is 7.11 Å². The highest BCUT2D eigenvalue weighted by Gasteiger charge is 2.00. The third-order valence-corrected chi connectivity index (χ3v) is 2.33. The molecule has 17 heavy (non-hydrogen) atoms.